The van der Waals surface area contributed by atoms with Crippen LogP contribution >= 0.6 is 11.3 Å². The molecule has 2 aromatic rings. The summed E-state index contributed by atoms with van der Waals surface area (Å²) in [6.45, 7) is 7.67. The third-order valence-electron chi connectivity index (χ3n) is 5.41. The summed E-state index contributed by atoms with van der Waals surface area (Å²) in [4.78, 5) is 8.43. The van der Waals surface area contributed by atoms with E-state index in [0.29, 0.717) is 18.0 Å². The van der Waals surface area contributed by atoms with E-state index in [1.165, 1.54) is 10.4 Å². The van der Waals surface area contributed by atoms with E-state index >= 15 is 0 Å². The van der Waals surface area contributed by atoms with E-state index in [1.807, 2.05) is 18.4 Å². The first kappa shape index (κ1) is 19.9. The standard InChI is InChI=1S/C22H32N4S/c1-17(21-10-7-13-27-21)15-24-22(23-3)25-20-11-12-26(18(2)14-20)16-19-8-5-4-6-9-19/h4-10,13,17-18,20H,11-12,14-16H2,1-3H3,(H2,23,24,25). The molecule has 5 heteroatoms. The molecule has 4 nitrogen and oxygen atoms in total. The number of benzene rings is 1. The van der Waals surface area contributed by atoms with Gasteiger partial charge in [-0.1, -0.05) is 43.3 Å². The van der Waals surface area contributed by atoms with E-state index in [1.54, 1.807) is 0 Å². The highest BCUT2D eigenvalue weighted by Crippen LogP contribution is 2.21. The molecular weight excluding hydrogens is 352 g/mol. The van der Waals surface area contributed by atoms with Gasteiger partial charge in [-0.15, -0.1) is 11.3 Å². The quantitative estimate of drug-likeness (QED) is 0.583. The normalized spacial score (nSPS) is 22.4. The average molecular weight is 385 g/mol. The number of piperidine rings is 1. The lowest BCUT2D eigenvalue weighted by atomic mass is 9.97. The van der Waals surface area contributed by atoms with Gasteiger partial charge in [0.1, 0.15) is 0 Å². The highest BCUT2D eigenvalue weighted by atomic mass is 32.1. The molecule has 2 N–H and O–H groups in total. The molecule has 0 saturated carbocycles. The van der Waals surface area contributed by atoms with Gasteiger partial charge in [0.2, 0.25) is 0 Å². The summed E-state index contributed by atoms with van der Waals surface area (Å²) in [5.74, 6) is 1.42. The van der Waals surface area contributed by atoms with Crippen molar-refractivity contribution in [3.8, 4) is 0 Å². The Bertz CT molecular complexity index is 698. The molecule has 0 bridgehead atoms. The van der Waals surface area contributed by atoms with Crippen LogP contribution in [-0.2, 0) is 6.54 Å². The van der Waals surface area contributed by atoms with Crippen molar-refractivity contribution in [3.63, 3.8) is 0 Å². The molecule has 0 amide bonds. The Hall–Kier alpha value is -1.85. The molecule has 0 spiro atoms. The maximum Gasteiger partial charge on any atom is 0.191 e. The number of rotatable bonds is 6. The Morgan fingerprint density at radius 3 is 2.74 bits per heavy atom. The maximum absolute atomic E-state index is 4.43. The molecule has 3 atom stereocenters. The topological polar surface area (TPSA) is 39.7 Å². The second-order valence-electron chi connectivity index (χ2n) is 7.54. The third kappa shape index (κ3) is 5.81. The second-order valence-corrected chi connectivity index (χ2v) is 8.52. The summed E-state index contributed by atoms with van der Waals surface area (Å²) in [6.07, 6.45) is 2.30. The van der Waals surface area contributed by atoms with Crippen LogP contribution in [0.25, 0.3) is 0 Å². The van der Waals surface area contributed by atoms with Gasteiger partial charge in [0, 0.05) is 49.6 Å². The molecule has 1 aliphatic heterocycles. The van der Waals surface area contributed by atoms with Crippen molar-refractivity contribution in [2.75, 3.05) is 20.1 Å². The zero-order valence-electron chi connectivity index (χ0n) is 16.7. The lowest BCUT2D eigenvalue weighted by Gasteiger charge is -2.38. The number of aliphatic imine (C=N–C) groups is 1. The molecule has 1 aromatic carbocycles. The number of nitrogens with one attached hydrogen (secondary N) is 2. The molecule has 3 rings (SSSR count). The maximum atomic E-state index is 4.43. The van der Waals surface area contributed by atoms with Crippen LogP contribution < -0.4 is 10.6 Å². The van der Waals surface area contributed by atoms with E-state index in [0.717, 1.165) is 38.4 Å². The summed E-state index contributed by atoms with van der Waals surface area (Å²) in [5, 5.41) is 9.28. The summed E-state index contributed by atoms with van der Waals surface area (Å²) in [5.41, 5.74) is 1.40. The number of hydrogen-bond acceptors (Lipinski definition) is 3. The fraction of sp³-hybridized carbons (Fsp3) is 0.500. The molecule has 1 fully saturated rings. The van der Waals surface area contributed by atoms with Gasteiger partial charge in [0.15, 0.2) is 5.96 Å². The number of thiophene rings is 1. The van der Waals surface area contributed by atoms with Crippen LogP contribution in [0.2, 0.25) is 0 Å². The average Bonchev–Trinajstić information content (AvgIpc) is 3.22. The van der Waals surface area contributed by atoms with Gasteiger partial charge in [0.25, 0.3) is 0 Å². The molecule has 1 saturated heterocycles. The van der Waals surface area contributed by atoms with Crippen molar-refractivity contribution in [1.82, 2.24) is 15.5 Å². The number of hydrogen-bond donors (Lipinski definition) is 2. The monoisotopic (exact) mass is 384 g/mol. The lowest BCUT2D eigenvalue weighted by molar-refractivity contribution is 0.134. The van der Waals surface area contributed by atoms with Gasteiger partial charge in [-0.25, -0.2) is 0 Å². The minimum atomic E-state index is 0.482. The van der Waals surface area contributed by atoms with Crippen LogP contribution in [0.4, 0.5) is 0 Å². The highest BCUT2D eigenvalue weighted by molar-refractivity contribution is 7.10. The van der Waals surface area contributed by atoms with Crippen LogP contribution in [0.3, 0.4) is 0 Å². The molecule has 1 aliphatic rings. The molecule has 0 radical (unpaired) electrons. The van der Waals surface area contributed by atoms with E-state index < -0.39 is 0 Å². The molecule has 146 valence electrons. The molecule has 3 unspecified atom stereocenters. The van der Waals surface area contributed by atoms with Crippen LogP contribution in [0.15, 0.2) is 52.8 Å². The Labute approximate surface area is 167 Å². The minimum absolute atomic E-state index is 0.482. The van der Waals surface area contributed by atoms with E-state index in [2.05, 4.69) is 82.2 Å². The summed E-state index contributed by atoms with van der Waals surface area (Å²) >= 11 is 1.82. The predicted octanol–water partition coefficient (Wildman–Crippen LogP) is 4.07. The van der Waals surface area contributed by atoms with Crippen LogP contribution in [0.5, 0.6) is 0 Å². The largest absolute Gasteiger partial charge is 0.356 e. The lowest BCUT2D eigenvalue weighted by Crippen LogP contribution is -2.51. The highest BCUT2D eigenvalue weighted by Gasteiger charge is 2.26. The van der Waals surface area contributed by atoms with E-state index in [-0.39, 0.29) is 0 Å². The van der Waals surface area contributed by atoms with Crippen LogP contribution in [-0.4, -0.2) is 43.1 Å². The first-order valence-electron chi connectivity index (χ1n) is 9.94. The zero-order valence-corrected chi connectivity index (χ0v) is 17.5. The number of guanidine groups is 1. The Kier molecular flexibility index (Phi) is 7.30. The van der Waals surface area contributed by atoms with Gasteiger partial charge >= 0.3 is 0 Å². The second kappa shape index (κ2) is 9.90. The van der Waals surface area contributed by atoms with Crippen molar-refractivity contribution in [2.45, 2.75) is 51.2 Å². The SMILES string of the molecule is CN=C(NCC(C)c1cccs1)NC1CCN(Cc2ccccc2)C(C)C1. The Balaban J connectivity index is 1.45. The van der Waals surface area contributed by atoms with E-state index in [9.17, 15) is 0 Å². The van der Waals surface area contributed by atoms with Crippen molar-refractivity contribution >= 4 is 17.3 Å². The van der Waals surface area contributed by atoms with Gasteiger partial charge in [-0.05, 0) is 36.8 Å². The molecule has 27 heavy (non-hydrogen) atoms. The summed E-state index contributed by atoms with van der Waals surface area (Å²) in [6, 6.07) is 16.2. The van der Waals surface area contributed by atoms with Crippen LogP contribution in [0, 0.1) is 0 Å². The predicted molar refractivity (Wildman–Crippen MR) is 117 cm³/mol. The zero-order chi connectivity index (χ0) is 19.1. The first-order chi connectivity index (χ1) is 13.2. The summed E-state index contributed by atoms with van der Waals surface area (Å²) < 4.78 is 0. The van der Waals surface area contributed by atoms with E-state index in [4.69, 9.17) is 0 Å². The van der Waals surface area contributed by atoms with Crippen molar-refractivity contribution in [2.24, 2.45) is 4.99 Å². The minimum Gasteiger partial charge on any atom is -0.356 e. The molecule has 1 aromatic heterocycles. The molecular formula is C22H32N4S. The Morgan fingerprint density at radius 1 is 1.26 bits per heavy atom. The van der Waals surface area contributed by atoms with Gasteiger partial charge in [-0.2, -0.15) is 0 Å². The van der Waals surface area contributed by atoms with Crippen LogP contribution in [0.1, 0.15) is 43.0 Å². The van der Waals surface area contributed by atoms with Crippen molar-refractivity contribution < 1.29 is 0 Å². The van der Waals surface area contributed by atoms with Gasteiger partial charge in [0.05, 0.1) is 0 Å². The van der Waals surface area contributed by atoms with Crippen molar-refractivity contribution in [3.05, 3.63) is 58.3 Å². The summed E-state index contributed by atoms with van der Waals surface area (Å²) in [7, 11) is 1.86. The fourth-order valence-corrected chi connectivity index (χ4v) is 4.50. The first-order valence-corrected chi connectivity index (χ1v) is 10.8. The number of nitrogens with zero attached hydrogens (tertiary/aromatic N) is 2. The van der Waals surface area contributed by atoms with Crippen molar-refractivity contribution in [1.29, 1.82) is 0 Å². The Morgan fingerprint density at radius 2 is 2.07 bits per heavy atom. The molecule has 0 aliphatic carbocycles. The number of likely N-dealkylation sites (tertiary alicyclic amines) is 1. The fourth-order valence-electron chi connectivity index (χ4n) is 3.71. The van der Waals surface area contributed by atoms with Gasteiger partial charge in [-0.3, -0.25) is 9.89 Å². The van der Waals surface area contributed by atoms with Gasteiger partial charge < -0.3 is 10.6 Å². The molecule has 2 heterocycles. The smallest absolute Gasteiger partial charge is 0.191 e. The third-order valence-corrected chi connectivity index (χ3v) is 6.52.